The predicted octanol–water partition coefficient (Wildman–Crippen LogP) is 3.71. The fourth-order valence-electron chi connectivity index (χ4n) is 2.59. The zero-order chi connectivity index (χ0) is 13.7. The van der Waals surface area contributed by atoms with Crippen LogP contribution in [0, 0.1) is 5.92 Å². The van der Waals surface area contributed by atoms with E-state index in [0.717, 1.165) is 47.9 Å². The molecule has 2 rings (SSSR count). The summed E-state index contributed by atoms with van der Waals surface area (Å²) in [7, 11) is 0. The SMILES string of the molecule is CCCN(CC1CCCNC1)c1ncc(Br)cc1Cl. The van der Waals surface area contributed by atoms with Crippen LogP contribution in [0.15, 0.2) is 16.7 Å². The Labute approximate surface area is 128 Å². The largest absolute Gasteiger partial charge is 0.355 e. The summed E-state index contributed by atoms with van der Waals surface area (Å²) in [6, 6.07) is 1.92. The van der Waals surface area contributed by atoms with Gasteiger partial charge in [0.2, 0.25) is 0 Å². The van der Waals surface area contributed by atoms with Gasteiger partial charge >= 0.3 is 0 Å². The summed E-state index contributed by atoms with van der Waals surface area (Å²) in [5.41, 5.74) is 0. The number of piperidine rings is 1. The van der Waals surface area contributed by atoms with Crippen molar-refractivity contribution in [1.29, 1.82) is 0 Å². The number of aromatic nitrogens is 1. The maximum Gasteiger partial charge on any atom is 0.147 e. The molecule has 1 N–H and O–H groups in total. The maximum atomic E-state index is 6.33. The molecule has 1 aromatic rings. The summed E-state index contributed by atoms with van der Waals surface area (Å²) in [6.07, 6.45) is 5.49. The Hall–Kier alpha value is -0.320. The summed E-state index contributed by atoms with van der Waals surface area (Å²) in [6.45, 7) is 6.49. The fourth-order valence-corrected chi connectivity index (χ4v) is 3.33. The van der Waals surface area contributed by atoms with Gasteiger partial charge in [-0.2, -0.15) is 0 Å². The molecule has 1 aliphatic heterocycles. The predicted molar refractivity (Wildman–Crippen MR) is 85.0 cm³/mol. The number of halogens is 2. The Bertz CT molecular complexity index is 408. The first-order valence-electron chi connectivity index (χ1n) is 6.97. The van der Waals surface area contributed by atoms with Crippen molar-refractivity contribution in [3.8, 4) is 0 Å². The Morgan fingerprint density at radius 3 is 3.05 bits per heavy atom. The standard InChI is InChI=1S/C14H21BrClN3/c1-2-6-19(10-11-4-3-5-17-8-11)14-13(16)7-12(15)9-18-14/h7,9,11,17H,2-6,8,10H2,1H3. The molecule has 0 saturated carbocycles. The average molecular weight is 347 g/mol. The van der Waals surface area contributed by atoms with Crippen LogP contribution in [0.1, 0.15) is 26.2 Å². The van der Waals surface area contributed by atoms with Gasteiger partial charge in [-0.25, -0.2) is 4.98 Å². The number of nitrogens with zero attached hydrogens (tertiary/aromatic N) is 2. The van der Waals surface area contributed by atoms with Crippen LogP contribution >= 0.6 is 27.5 Å². The molecule has 1 atom stereocenters. The molecular formula is C14H21BrClN3. The highest BCUT2D eigenvalue weighted by molar-refractivity contribution is 9.10. The molecular weight excluding hydrogens is 326 g/mol. The lowest BCUT2D eigenvalue weighted by Gasteiger charge is -2.31. The normalized spacial score (nSPS) is 19.4. The quantitative estimate of drug-likeness (QED) is 0.881. The molecule has 2 heterocycles. The number of nitrogens with one attached hydrogen (secondary N) is 1. The Kier molecular flexibility index (Phi) is 5.92. The van der Waals surface area contributed by atoms with Crippen molar-refractivity contribution >= 4 is 33.3 Å². The lowest BCUT2D eigenvalue weighted by molar-refractivity contribution is 0.376. The zero-order valence-electron chi connectivity index (χ0n) is 11.3. The van der Waals surface area contributed by atoms with E-state index in [-0.39, 0.29) is 0 Å². The number of rotatable bonds is 5. The molecule has 0 bridgehead atoms. The van der Waals surface area contributed by atoms with E-state index in [2.05, 4.69) is 38.1 Å². The molecule has 5 heteroatoms. The van der Waals surface area contributed by atoms with E-state index in [9.17, 15) is 0 Å². The number of hydrogen-bond donors (Lipinski definition) is 1. The zero-order valence-corrected chi connectivity index (χ0v) is 13.7. The highest BCUT2D eigenvalue weighted by Gasteiger charge is 2.19. The van der Waals surface area contributed by atoms with E-state index in [4.69, 9.17) is 11.6 Å². The number of hydrogen-bond acceptors (Lipinski definition) is 3. The van der Waals surface area contributed by atoms with E-state index in [1.165, 1.54) is 12.8 Å². The van der Waals surface area contributed by atoms with E-state index in [1.54, 1.807) is 0 Å². The fraction of sp³-hybridized carbons (Fsp3) is 0.643. The van der Waals surface area contributed by atoms with Gasteiger partial charge < -0.3 is 10.2 Å². The van der Waals surface area contributed by atoms with E-state index < -0.39 is 0 Å². The Morgan fingerprint density at radius 1 is 1.58 bits per heavy atom. The van der Waals surface area contributed by atoms with Gasteiger partial charge in [0.15, 0.2) is 0 Å². The minimum absolute atomic E-state index is 0.696. The monoisotopic (exact) mass is 345 g/mol. The third-order valence-corrected chi connectivity index (χ3v) is 4.17. The van der Waals surface area contributed by atoms with Crippen LogP contribution in [0.5, 0.6) is 0 Å². The molecule has 1 saturated heterocycles. The van der Waals surface area contributed by atoms with Gasteiger partial charge in [-0.3, -0.25) is 0 Å². The van der Waals surface area contributed by atoms with Crippen molar-refractivity contribution in [3.05, 3.63) is 21.8 Å². The minimum atomic E-state index is 0.696. The van der Waals surface area contributed by atoms with Crippen molar-refractivity contribution in [3.63, 3.8) is 0 Å². The average Bonchev–Trinajstić information content (AvgIpc) is 2.39. The highest BCUT2D eigenvalue weighted by atomic mass is 79.9. The second-order valence-electron chi connectivity index (χ2n) is 5.12. The van der Waals surface area contributed by atoms with Crippen molar-refractivity contribution < 1.29 is 0 Å². The molecule has 19 heavy (non-hydrogen) atoms. The molecule has 0 aromatic carbocycles. The summed E-state index contributed by atoms with van der Waals surface area (Å²) < 4.78 is 0.928. The summed E-state index contributed by atoms with van der Waals surface area (Å²) in [5, 5.41) is 4.20. The van der Waals surface area contributed by atoms with Crippen LogP contribution < -0.4 is 10.2 Å². The van der Waals surface area contributed by atoms with Gasteiger partial charge in [-0.05, 0) is 60.3 Å². The summed E-state index contributed by atoms with van der Waals surface area (Å²) in [4.78, 5) is 6.81. The van der Waals surface area contributed by atoms with Crippen molar-refractivity contribution in [1.82, 2.24) is 10.3 Å². The molecule has 106 valence electrons. The Morgan fingerprint density at radius 2 is 2.42 bits per heavy atom. The van der Waals surface area contributed by atoms with Crippen LogP contribution in [0.3, 0.4) is 0 Å². The third kappa shape index (κ3) is 4.33. The smallest absolute Gasteiger partial charge is 0.147 e. The first-order chi connectivity index (χ1) is 9.20. The van der Waals surface area contributed by atoms with Crippen LogP contribution in [0.2, 0.25) is 5.02 Å². The van der Waals surface area contributed by atoms with E-state index >= 15 is 0 Å². The topological polar surface area (TPSA) is 28.2 Å². The number of pyridine rings is 1. The van der Waals surface area contributed by atoms with Gasteiger partial charge in [-0.1, -0.05) is 18.5 Å². The van der Waals surface area contributed by atoms with Gasteiger partial charge in [0.1, 0.15) is 5.82 Å². The van der Waals surface area contributed by atoms with Crippen molar-refractivity contribution in [2.75, 3.05) is 31.1 Å². The molecule has 3 nitrogen and oxygen atoms in total. The lowest BCUT2D eigenvalue weighted by Crippen LogP contribution is -2.39. The molecule has 0 amide bonds. The lowest BCUT2D eigenvalue weighted by atomic mass is 9.99. The van der Waals surface area contributed by atoms with E-state index in [0.29, 0.717) is 5.92 Å². The second-order valence-corrected chi connectivity index (χ2v) is 6.44. The second kappa shape index (κ2) is 7.46. The van der Waals surface area contributed by atoms with Crippen LogP contribution in [0.25, 0.3) is 0 Å². The van der Waals surface area contributed by atoms with Gasteiger partial charge in [0, 0.05) is 23.8 Å². The summed E-state index contributed by atoms with van der Waals surface area (Å²) >= 11 is 9.74. The summed E-state index contributed by atoms with van der Waals surface area (Å²) in [5.74, 6) is 1.61. The molecule has 0 spiro atoms. The van der Waals surface area contributed by atoms with Crippen molar-refractivity contribution in [2.24, 2.45) is 5.92 Å². The molecule has 1 aromatic heterocycles. The molecule has 1 fully saturated rings. The Balaban J connectivity index is 2.09. The molecule has 0 aliphatic carbocycles. The third-order valence-electron chi connectivity index (χ3n) is 3.46. The number of anilines is 1. The van der Waals surface area contributed by atoms with Crippen molar-refractivity contribution in [2.45, 2.75) is 26.2 Å². The van der Waals surface area contributed by atoms with Gasteiger partial charge in [0.05, 0.1) is 5.02 Å². The highest BCUT2D eigenvalue weighted by Crippen LogP contribution is 2.27. The van der Waals surface area contributed by atoms with Gasteiger partial charge in [-0.15, -0.1) is 0 Å². The first-order valence-corrected chi connectivity index (χ1v) is 8.14. The van der Waals surface area contributed by atoms with E-state index in [1.807, 2.05) is 12.3 Å². The maximum absolute atomic E-state index is 6.33. The van der Waals surface area contributed by atoms with Crippen LogP contribution in [0.4, 0.5) is 5.82 Å². The molecule has 1 aliphatic rings. The first kappa shape index (κ1) is 15.1. The van der Waals surface area contributed by atoms with Crippen LogP contribution in [-0.4, -0.2) is 31.2 Å². The molecule has 0 radical (unpaired) electrons. The van der Waals surface area contributed by atoms with Crippen LogP contribution in [-0.2, 0) is 0 Å². The van der Waals surface area contributed by atoms with Gasteiger partial charge in [0.25, 0.3) is 0 Å². The minimum Gasteiger partial charge on any atom is -0.355 e. The molecule has 1 unspecified atom stereocenters.